The lowest BCUT2D eigenvalue weighted by molar-refractivity contribution is 0.398. The second kappa shape index (κ2) is 8.66. The van der Waals surface area contributed by atoms with Crippen LogP contribution in [0, 0.1) is 13.8 Å². The van der Waals surface area contributed by atoms with E-state index in [0.717, 1.165) is 28.3 Å². The fourth-order valence-corrected chi connectivity index (χ4v) is 3.46. The van der Waals surface area contributed by atoms with E-state index in [1.807, 2.05) is 19.9 Å². The zero-order chi connectivity index (χ0) is 18.4. The molecule has 2 aromatic rings. The van der Waals surface area contributed by atoms with Crippen LogP contribution < -0.4 is 20.1 Å². The van der Waals surface area contributed by atoms with Gasteiger partial charge in [0.05, 0.1) is 37.2 Å². The van der Waals surface area contributed by atoms with Crippen LogP contribution in [0.15, 0.2) is 18.3 Å². The molecule has 0 saturated carbocycles. The first kappa shape index (κ1) is 19.0. The minimum atomic E-state index is -1.16. The Hall–Kier alpha value is -2.35. The van der Waals surface area contributed by atoms with Gasteiger partial charge in [-0.2, -0.15) is 4.98 Å². The van der Waals surface area contributed by atoms with E-state index in [1.165, 1.54) is 0 Å². The summed E-state index contributed by atoms with van der Waals surface area (Å²) in [5.41, 5.74) is 3.47. The molecule has 0 aliphatic carbocycles. The number of rotatable bonds is 8. The van der Waals surface area contributed by atoms with Crippen molar-refractivity contribution < 1.29 is 13.7 Å². The molecule has 0 aliphatic heterocycles. The molecule has 2 rings (SSSR count). The summed E-state index contributed by atoms with van der Waals surface area (Å²) in [5.74, 6) is 2.48. The zero-order valence-electron chi connectivity index (χ0n) is 15.2. The van der Waals surface area contributed by atoms with Crippen LogP contribution in [0.4, 0.5) is 11.5 Å². The van der Waals surface area contributed by atoms with Crippen molar-refractivity contribution in [1.82, 2.24) is 9.97 Å². The monoisotopic (exact) mass is 364 g/mol. The van der Waals surface area contributed by atoms with Crippen LogP contribution in [0.2, 0.25) is 0 Å². The number of methoxy groups -OCH3 is 2. The summed E-state index contributed by atoms with van der Waals surface area (Å²) in [7, 11) is 3.84. The summed E-state index contributed by atoms with van der Waals surface area (Å²) in [6, 6.07) is 3.62. The van der Waals surface area contributed by atoms with Gasteiger partial charge in [-0.1, -0.05) is 0 Å². The smallest absolute Gasteiger partial charge is 0.215 e. The highest BCUT2D eigenvalue weighted by atomic mass is 32.2. The Labute approximate surface area is 150 Å². The predicted molar refractivity (Wildman–Crippen MR) is 101 cm³/mol. The van der Waals surface area contributed by atoms with Crippen molar-refractivity contribution >= 4 is 22.3 Å². The van der Waals surface area contributed by atoms with Gasteiger partial charge >= 0.3 is 0 Å². The van der Waals surface area contributed by atoms with Crippen LogP contribution in [0.25, 0.3) is 0 Å². The zero-order valence-corrected chi connectivity index (χ0v) is 16.0. The third-order valence-electron chi connectivity index (χ3n) is 3.80. The molecule has 2 aromatic heterocycles. The lowest BCUT2D eigenvalue weighted by Gasteiger charge is -2.13. The molecule has 25 heavy (non-hydrogen) atoms. The number of nitrogens with one attached hydrogen (secondary N) is 2. The van der Waals surface area contributed by atoms with Crippen molar-refractivity contribution in [1.29, 1.82) is 0 Å². The Morgan fingerprint density at radius 1 is 1.20 bits per heavy atom. The molecule has 7 nitrogen and oxygen atoms in total. The Bertz CT molecular complexity index is 768. The Kier molecular flexibility index (Phi) is 6.58. The van der Waals surface area contributed by atoms with Crippen molar-refractivity contribution in [3.8, 4) is 11.6 Å². The molecule has 0 aliphatic rings. The summed E-state index contributed by atoms with van der Waals surface area (Å²) in [6.45, 7) is 3.87. The summed E-state index contributed by atoms with van der Waals surface area (Å²) in [4.78, 5) is 8.73. The van der Waals surface area contributed by atoms with Gasteiger partial charge in [-0.05, 0) is 19.9 Å². The van der Waals surface area contributed by atoms with E-state index in [2.05, 4.69) is 20.6 Å². The van der Waals surface area contributed by atoms with E-state index >= 15 is 0 Å². The van der Waals surface area contributed by atoms with Crippen LogP contribution in [0.1, 0.15) is 16.8 Å². The molecule has 0 bridgehead atoms. The van der Waals surface area contributed by atoms with Crippen molar-refractivity contribution in [2.45, 2.75) is 19.6 Å². The normalized spacial score (nSPS) is 11.7. The van der Waals surface area contributed by atoms with Crippen LogP contribution in [-0.4, -0.2) is 41.3 Å². The first-order valence-corrected chi connectivity index (χ1v) is 9.29. The van der Waals surface area contributed by atoms with E-state index in [0.29, 0.717) is 17.5 Å². The Morgan fingerprint density at radius 3 is 2.60 bits per heavy atom. The second-order valence-corrected chi connectivity index (χ2v) is 6.91. The number of pyridine rings is 2. The summed E-state index contributed by atoms with van der Waals surface area (Å²) >= 11 is 0. The van der Waals surface area contributed by atoms with Crippen molar-refractivity contribution in [2.75, 3.05) is 37.8 Å². The number of nitrogens with zero attached hydrogens (tertiary/aromatic N) is 2. The van der Waals surface area contributed by atoms with Crippen molar-refractivity contribution in [2.24, 2.45) is 0 Å². The lowest BCUT2D eigenvalue weighted by atomic mass is 10.1. The molecule has 0 saturated heterocycles. The SMILES string of the molecule is CNc1ccc(OC)nc1NCS(=O)Cc1ncc(C)c(OC)c1C. The quantitative estimate of drug-likeness (QED) is 0.744. The minimum Gasteiger partial charge on any atom is -0.496 e. The fourth-order valence-electron chi connectivity index (χ4n) is 2.46. The summed E-state index contributed by atoms with van der Waals surface area (Å²) < 4.78 is 23.0. The van der Waals surface area contributed by atoms with Gasteiger partial charge in [0.15, 0.2) is 5.82 Å². The number of aryl methyl sites for hydroxylation is 1. The fraction of sp³-hybridized carbons (Fsp3) is 0.412. The first-order valence-electron chi connectivity index (χ1n) is 7.80. The van der Waals surface area contributed by atoms with E-state index in [4.69, 9.17) is 9.47 Å². The van der Waals surface area contributed by atoms with Gasteiger partial charge < -0.3 is 20.1 Å². The molecule has 2 heterocycles. The number of ether oxygens (including phenoxy) is 2. The molecule has 0 spiro atoms. The highest BCUT2D eigenvalue weighted by molar-refractivity contribution is 7.84. The van der Waals surface area contributed by atoms with Crippen LogP contribution >= 0.6 is 0 Å². The number of anilines is 2. The standard InChI is InChI=1S/C17H24N4O3S/c1-11-8-19-14(12(2)16(11)24-5)9-25(22)10-20-17-13(18-3)6-7-15(21-17)23-4/h6-8,18H,9-10H2,1-5H3,(H,20,21). The van der Waals surface area contributed by atoms with Crippen LogP contribution in [-0.2, 0) is 16.6 Å². The average molecular weight is 364 g/mol. The summed E-state index contributed by atoms with van der Waals surface area (Å²) in [6.07, 6.45) is 1.74. The number of hydrogen-bond acceptors (Lipinski definition) is 7. The van der Waals surface area contributed by atoms with E-state index in [1.54, 1.807) is 33.5 Å². The van der Waals surface area contributed by atoms with Crippen molar-refractivity contribution in [3.63, 3.8) is 0 Å². The molecular formula is C17H24N4O3S. The molecule has 136 valence electrons. The topological polar surface area (TPSA) is 85.4 Å². The minimum absolute atomic E-state index is 0.256. The first-order chi connectivity index (χ1) is 12.0. The molecule has 8 heteroatoms. The third kappa shape index (κ3) is 4.60. The number of aromatic nitrogens is 2. The Balaban J connectivity index is 2.07. The van der Waals surface area contributed by atoms with Gasteiger partial charge in [0.2, 0.25) is 5.88 Å². The van der Waals surface area contributed by atoms with Gasteiger partial charge in [-0.3, -0.25) is 9.19 Å². The highest BCUT2D eigenvalue weighted by Gasteiger charge is 2.13. The van der Waals surface area contributed by atoms with Gasteiger partial charge in [-0.25, -0.2) is 0 Å². The lowest BCUT2D eigenvalue weighted by Crippen LogP contribution is -2.14. The maximum absolute atomic E-state index is 12.5. The summed E-state index contributed by atoms with van der Waals surface area (Å²) in [5, 5.41) is 6.15. The molecule has 1 unspecified atom stereocenters. The van der Waals surface area contributed by atoms with E-state index in [9.17, 15) is 4.21 Å². The second-order valence-electron chi connectivity index (χ2n) is 5.45. The van der Waals surface area contributed by atoms with Gasteiger partial charge in [0.1, 0.15) is 5.75 Å². The number of hydrogen-bond donors (Lipinski definition) is 2. The molecule has 0 fully saturated rings. The molecule has 0 radical (unpaired) electrons. The maximum Gasteiger partial charge on any atom is 0.215 e. The largest absolute Gasteiger partial charge is 0.496 e. The third-order valence-corrected chi connectivity index (χ3v) is 4.86. The van der Waals surface area contributed by atoms with Gasteiger partial charge in [-0.15, -0.1) is 0 Å². The maximum atomic E-state index is 12.5. The van der Waals surface area contributed by atoms with Crippen molar-refractivity contribution in [3.05, 3.63) is 35.2 Å². The molecule has 0 aromatic carbocycles. The molecular weight excluding hydrogens is 340 g/mol. The van der Waals surface area contributed by atoms with E-state index in [-0.39, 0.29) is 5.88 Å². The van der Waals surface area contributed by atoms with Crippen LogP contribution in [0.3, 0.4) is 0 Å². The van der Waals surface area contributed by atoms with Crippen LogP contribution in [0.5, 0.6) is 11.6 Å². The predicted octanol–water partition coefficient (Wildman–Crippen LogP) is 2.47. The Morgan fingerprint density at radius 2 is 1.96 bits per heavy atom. The van der Waals surface area contributed by atoms with Gasteiger partial charge in [0.25, 0.3) is 0 Å². The van der Waals surface area contributed by atoms with E-state index < -0.39 is 10.8 Å². The molecule has 0 amide bonds. The van der Waals surface area contributed by atoms with Gasteiger partial charge in [0, 0.05) is 41.2 Å². The highest BCUT2D eigenvalue weighted by Crippen LogP contribution is 2.25. The average Bonchev–Trinajstić information content (AvgIpc) is 2.62. The molecule has 1 atom stereocenters. The molecule has 2 N–H and O–H groups in total.